The van der Waals surface area contributed by atoms with E-state index in [2.05, 4.69) is 4.90 Å². The van der Waals surface area contributed by atoms with Gasteiger partial charge >= 0.3 is 0 Å². The van der Waals surface area contributed by atoms with Crippen LogP contribution in [0.5, 0.6) is 0 Å². The van der Waals surface area contributed by atoms with E-state index in [0.717, 1.165) is 18.5 Å². The molecular formula is C12H20N2O. The van der Waals surface area contributed by atoms with Crippen molar-refractivity contribution in [1.82, 2.24) is 9.47 Å². The molecule has 0 bridgehead atoms. The van der Waals surface area contributed by atoms with E-state index in [1.807, 2.05) is 46.3 Å². The molecule has 0 aliphatic heterocycles. The van der Waals surface area contributed by atoms with Crippen LogP contribution in [0.15, 0.2) is 23.1 Å². The monoisotopic (exact) mass is 208 g/mol. The molecule has 1 aromatic rings. The zero-order chi connectivity index (χ0) is 11.4. The lowest BCUT2D eigenvalue weighted by Gasteiger charge is -2.13. The summed E-state index contributed by atoms with van der Waals surface area (Å²) in [7, 11) is 4.04. The summed E-state index contributed by atoms with van der Waals surface area (Å²) in [5, 5.41) is 0. The van der Waals surface area contributed by atoms with Crippen LogP contribution in [-0.4, -0.2) is 30.1 Å². The van der Waals surface area contributed by atoms with Crippen molar-refractivity contribution in [2.24, 2.45) is 0 Å². The maximum absolute atomic E-state index is 12.0. The summed E-state index contributed by atoms with van der Waals surface area (Å²) in [4.78, 5) is 14.1. The van der Waals surface area contributed by atoms with Gasteiger partial charge in [-0.3, -0.25) is 4.79 Å². The van der Waals surface area contributed by atoms with Gasteiger partial charge in [0.2, 0.25) is 0 Å². The van der Waals surface area contributed by atoms with Crippen LogP contribution in [0.25, 0.3) is 0 Å². The normalized spacial score (nSPS) is 11.3. The van der Waals surface area contributed by atoms with Gasteiger partial charge in [-0.2, -0.15) is 0 Å². The third-order valence-corrected chi connectivity index (χ3v) is 2.44. The predicted molar refractivity (Wildman–Crippen MR) is 63.3 cm³/mol. The Balaban J connectivity index is 2.90. The average molecular weight is 208 g/mol. The largest absolute Gasteiger partial charge is 0.313 e. The molecule has 1 heterocycles. The van der Waals surface area contributed by atoms with Crippen LogP contribution in [0.4, 0.5) is 0 Å². The maximum Gasteiger partial charge on any atom is 0.254 e. The molecule has 84 valence electrons. The molecule has 3 heteroatoms. The molecule has 0 amide bonds. The summed E-state index contributed by atoms with van der Waals surface area (Å²) < 4.78 is 1.78. The first-order chi connectivity index (χ1) is 7.02. The van der Waals surface area contributed by atoms with Crippen molar-refractivity contribution in [1.29, 1.82) is 0 Å². The Hall–Kier alpha value is -1.09. The Morgan fingerprint density at radius 1 is 1.40 bits per heavy atom. The van der Waals surface area contributed by atoms with Gasteiger partial charge in [-0.1, -0.05) is 6.07 Å². The van der Waals surface area contributed by atoms with Crippen LogP contribution in [0.1, 0.15) is 25.5 Å². The molecule has 0 fully saturated rings. The standard InChI is InChI=1S/C12H20N2O/c1-10(2)14-8-5-6-11(12(14)15)7-9-13(3)4/h5-6,8,10H,7,9H2,1-4H3. The van der Waals surface area contributed by atoms with Gasteiger partial charge in [0.25, 0.3) is 5.56 Å². The highest BCUT2D eigenvalue weighted by atomic mass is 16.1. The van der Waals surface area contributed by atoms with Gasteiger partial charge in [0.15, 0.2) is 0 Å². The molecule has 1 aromatic heterocycles. The molecule has 0 aliphatic carbocycles. The topological polar surface area (TPSA) is 25.2 Å². The molecular weight excluding hydrogens is 188 g/mol. The Morgan fingerprint density at radius 3 is 2.60 bits per heavy atom. The van der Waals surface area contributed by atoms with E-state index in [1.165, 1.54) is 0 Å². The zero-order valence-corrected chi connectivity index (χ0v) is 10.0. The second-order valence-corrected chi connectivity index (χ2v) is 4.39. The fourth-order valence-electron chi connectivity index (χ4n) is 1.50. The fourth-order valence-corrected chi connectivity index (χ4v) is 1.50. The molecule has 0 saturated heterocycles. The number of rotatable bonds is 4. The Bertz CT molecular complexity index is 366. The van der Waals surface area contributed by atoms with E-state index < -0.39 is 0 Å². The highest BCUT2D eigenvalue weighted by Gasteiger charge is 2.05. The first kappa shape index (κ1) is 12.0. The summed E-state index contributed by atoms with van der Waals surface area (Å²) in [5.74, 6) is 0. The van der Waals surface area contributed by atoms with E-state index in [4.69, 9.17) is 0 Å². The number of hydrogen-bond acceptors (Lipinski definition) is 2. The third-order valence-electron chi connectivity index (χ3n) is 2.44. The summed E-state index contributed by atoms with van der Waals surface area (Å²) in [6.45, 7) is 4.96. The quantitative estimate of drug-likeness (QED) is 0.750. The van der Waals surface area contributed by atoms with Crippen LogP contribution in [0, 0.1) is 0 Å². The van der Waals surface area contributed by atoms with Crippen LogP contribution >= 0.6 is 0 Å². The van der Waals surface area contributed by atoms with Crippen molar-refractivity contribution < 1.29 is 0 Å². The van der Waals surface area contributed by atoms with Crippen molar-refractivity contribution in [2.75, 3.05) is 20.6 Å². The lowest BCUT2D eigenvalue weighted by atomic mass is 10.2. The fraction of sp³-hybridized carbons (Fsp3) is 0.583. The van der Waals surface area contributed by atoms with Crippen molar-refractivity contribution in [3.8, 4) is 0 Å². The van der Waals surface area contributed by atoms with Crippen LogP contribution in [0.3, 0.4) is 0 Å². The lowest BCUT2D eigenvalue weighted by Crippen LogP contribution is -2.26. The van der Waals surface area contributed by atoms with Gasteiger partial charge in [-0.15, -0.1) is 0 Å². The molecule has 0 unspecified atom stereocenters. The first-order valence-corrected chi connectivity index (χ1v) is 5.37. The van der Waals surface area contributed by atoms with Crippen LogP contribution in [-0.2, 0) is 6.42 Å². The molecule has 0 saturated carbocycles. The minimum atomic E-state index is 0.148. The van der Waals surface area contributed by atoms with Gasteiger partial charge in [-0.05, 0) is 40.4 Å². The summed E-state index contributed by atoms with van der Waals surface area (Å²) in [6.07, 6.45) is 2.67. The highest BCUT2D eigenvalue weighted by molar-refractivity contribution is 5.11. The minimum absolute atomic E-state index is 0.148. The first-order valence-electron chi connectivity index (χ1n) is 5.37. The predicted octanol–water partition coefficient (Wildman–Crippen LogP) is 1.53. The summed E-state index contributed by atoms with van der Waals surface area (Å²) in [5.41, 5.74) is 1.05. The van der Waals surface area contributed by atoms with Crippen molar-refractivity contribution in [3.63, 3.8) is 0 Å². The van der Waals surface area contributed by atoms with Gasteiger partial charge in [0, 0.05) is 24.3 Å². The van der Waals surface area contributed by atoms with Crippen LogP contribution in [0.2, 0.25) is 0 Å². The van der Waals surface area contributed by atoms with Gasteiger partial charge < -0.3 is 9.47 Å². The molecule has 0 atom stereocenters. The van der Waals surface area contributed by atoms with E-state index >= 15 is 0 Å². The second-order valence-electron chi connectivity index (χ2n) is 4.39. The molecule has 15 heavy (non-hydrogen) atoms. The third kappa shape index (κ3) is 3.20. The number of pyridine rings is 1. The van der Waals surface area contributed by atoms with Crippen molar-refractivity contribution in [3.05, 3.63) is 34.2 Å². The molecule has 3 nitrogen and oxygen atoms in total. The number of aromatic nitrogens is 1. The highest BCUT2D eigenvalue weighted by Crippen LogP contribution is 2.01. The smallest absolute Gasteiger partial charge is 0.254 e. The molecule has 0 N–H and O–H groups in total. The molecule has 1 rings (SSSR count). The molecule has 0 spiro atoms. The number of nitrogens with zero attached hydrogens (tertiary/aromatic N) is 2. The molecule has 0 aliphatic rings. The maximum atomic E-state index is 12.0. The van der Waals surface area contributed by atoms with Crippen molar-refractivity contribution >= 4 is 0 Å². The molecule has 0 aromatic carbocycles. The lowest BCUT2D eigenvalue weighted by molar-refractivity contribution is 0.412. The Labute approximate surface area is 91.3 Å². The van der Waals surface area contributed by atoms with Crippen molar-refractivity contribution in [2.45, 2.75) is 26.3 Å². The average Bonchev–Trinajstić information content (AvgIpc) is 2.15. The van der Waals surface area contributed by atoms with E-state index in [-0.39, 0.29) is 11.6 Å². The summed E-state index contributed by atoms with van der Waals surface area (Å²) in [6, 6.07) is 4.11. The SMILES string of the molecule is CC(C)n1cccc(CCN(C)C)c1=O. The van der Waals surface area contributed by atoms with Gasteiger partial charge in [0.1, 0.15) is 0 Å². The number of likely N-dealkylation sites (N-methyl/N-ethyl adjacent to an activating group) is 1. The number of hydrogen-bond donors (Lipinski definition) is 0. The van der Waals surface area contributed by atoms with E-state index in [9.17, 15) is 4.79 Å². The van der Waals surface area contributed by atoms with Gasteiger partial charge in [-0.25, -0.2) is 0 Å². The Kier molecular flexibility index (Phi) is 4.09. The van der Waals surface area contributed by atoms with E-state index in [0.29, 0.717) is 0 Å². The minimum Gasteiger partial charge on any atom is -0.313 e. The zero-order valence-electron chi connectivity index (χ0n) is 10.0. The van der Waals surface area contributed by atoms with Crippen LogP contribution < -0.4 is 5.56 Å². The second kappa shape index (κ2) is 5.12. The van der Waals surface area contributed by atoms with Gasteiger partial charge in [0.05, 0.1) is 0 Å². The van der Waals surface area contributed by atoms with E-state index in [1.54, 1.807) is 4.57 Å². The summed E-state index contributed by atoms with van der Waals surface area (Å²) >= 11 is 0. The Morgan fingerprint density at radius 2 is 2.07 bits per heavy atom. The molecule has 0 radical (unpaired) electrons.